The predicted octanol–water partition coefficient (Wildman–Crippen LogP) is 7.81. The molecule has 2 rings (SSSR count). The molecule has 1 N–H and O–H groups in total. The quantitative estimate of drug-likeness (QED) is 0.113. The molecule has 0 amide bonds. The second-order valence-electron chi connectivity index (χ2n) is 8.67. The second kappa shape index (κ2) is 14.1. The number of nitrogens with zero attached hydrogens (tertiary/aromatic N) is 1. The molecule has 0 bridgehead atoms. The van der Waals surface area contributed by atoms with Crippen LogP contribution in [0.1, 0.15) is 73.8 Å². The molecule has 2 aromatic carbocycles. The summed E-state index contributed by atoms with van der Waals surface area (Å²) in [5, 5.41) is 11.5. The number of benzene rings is 2. The molecule has 12 heteroatoms. The summed E-state index contributed by atoms with van der Waals surface area (Å²) in [6, 6.07) is 10.1. The van der Waals surface area contributed by atoms with Crippen molar-refractivity contribution in [3.63, 3.8) is 0 Å². The van der Waals surface area contributed by atoms with Gasteiger partial charge in [0.15, 0.2) is 0 Å². The minimum Gasteiger partial charge on any atom is -0.373 e. The maximum absolute atomic E-state index is 13.2. The van der Waals surface area contributed by atoms with Gasteiger partial charge in [0.25, 0.3) is 5.70 Å². The van der Waals surface area contributed by atoms with E-state index in [1.807, 2.05) is 6.92 Å². The van der Waals surface area contributed by atoms with Crippen LogP contribution in [0.4, 0.5) is 26.3 Å². The molecule has 0 heterocycles. The molecule has 0 fully saturated rings. The lowest BCUT2D eigenvalue weighted by Gasteiger charge is -2.22. The van der Waals surface area contributed by atoms with E-state index >= 15 is 0 Å². The Bertz CT molecular complexity index is 1030. The number of hydroxylamine groups is 1. The van der Waals surface area contributed by atoms with Crippen molar-refractivity contribution < 1.29 is 40.8 Å². The van der Waals surface area contributed by atoms with Crippen molar-refractivity contribution in [2.45, 2.75) is 63.9 Å². The zero-order valence-corrected chi connectivity index (χ0v) is 20.9. The molecule has 0 aromatic heterocycles. The first-order chi connectivity index (χ1) is 17.8. The Hall–Kier alpha value is -3.12. The first kappa shape index (κ1) is 31.1. The summed E-state index contributed by atoms with van der Waals surface area (Å²) in [6.07, 6.45) is -7.98. The molecule has 0 aliphatic carbocycles. The fourth-order valence-electron chi connectivity index (χ4n) is 3.57. The maximum atomic E-state index is 13.2. The topological polar surface area (TPSA) is 73.6 Å². The monoisotopic (exact) mass is 548 g/mol. The Morgan fingerprint density at radius 1 is 1.03 bits per heavy atom. The lowest BCUT2D eigenvalue weighted by Crippen LogP contribution is -2.16. The third kappa shape index (κ3) is 9.97. The van der Waals surface area contributed by atoms with Crippen molar-refractivity contribution in [3.05, 3.63) is 92.8 Å². The van der Waals surface area contributed by atoms with Gasteiger partial charge in [-0.2, -0.15) is 26.3 Å². The van der Waals surface area contributed by atoms with Crippen molar-refractivity contribution in [1.29, 1.82) is 0 Å². The molecule has 0 radical (unpaired) electrons. The summed E-state index contributed by atoms with van der Waals surface area (Å²) in [4.78, 5) is 16.0. The van der Waals surface area contributed by atoms with Crippen LogP contribution in [-0.2, 0) is 21.9 Å². The van der Waals surface area contributed by atoms with E-state index in [2.05, 4.69) is 5.48 Å². The summed E-state index contributed by atoms with van der Waals surface area (Å²) < 4.78 is 85.2. The zero-order chi connectivity index (χ0) is 28.3. The van der Waals surface area contributed by atoms with Gasteiger partial charge in [0.2, 0.25) is 0 Å². The molecule has 0 spiro atoms. The number of hydrogen-bond acceptors (Lipinski definition) is 5. The SMILES string of the molecule is CCCCON/C=C(\CC[C@@H](CO[C@H](C)c1cc(C(F)(F)F)cc(C(F)(F)F)c1)c1ccccc1)[N+](=O)[O-]. The molecule has 6 nitrogen and oxygen atoms in total. The highest BCUT2D eigenvalue weighted by Crippen LogP contribution is 2.38. The number of nitrogens with one attached hydrogen (secondary N) is 1. The standard InChI is InChI=1S/C26H30F6N2O4/c1-3-4-12-38-33-16-24(34(35)36)11-10-20(19-8-6-5-7-9-19)17-37-18(2)21-13-22(25(27,28)29)15-23(14-21)26(30,31)32/h5-9,13-16,18,20,33H,3-4,10-12,17H2,1-2H3/b24-16+/t18-,20+/m1/s1. The Balaban J connectivity index is 2.19. The van der Waals surface area contributed by atoms with Crippen LogP contribution < -0.4 is 5.48 Å². The number of nitro groups is 1. The van der Waals surface area contributed by atoms with Gasteiger partial charge in [-0.1, -0.05) is 43.7 Å². The van der Waals surface area contributed by atoms with E-state index in [1.165, 1.54) is 6.92 Å². The van der Waals surface area contributed by atoms with E-state index in [0.29, 0.717) is 18.7 Å². The second-order valence-corrected chi connectivity index (χ2v) is 8.67. The number of halogens is 6. The van der Waals surface area contributed by atoms with Crippen LogP contribution in [0.15, 0.2) is 60.4 Å². The van der Waals surface area contributed by atoms with Crippen LogP contribution in [0, 0.1) is 10.1 Å². The van der Waals surface area contributed by atoms with Gasteiger partial charge in [-0.3, -0.25) is 20.4 Å². The van der Waals surface area contributed by atoms with Gasteiger partial charge in [0, 0.05) is 12.3 Å². The molecule has 0 unspecified atom stereocenters. The number of ether oxygens (including phenoxy) is 1. The highest BCUT2D eigenvalue weighted by molar-refractivity contribution is 5.34. The zero-order valence-electron chi connectivity index (χ0n) is 20.9. The van der Waals surface area contributed by atoms with Crippen LogP contribution >= 0.6 is 0 Å². The third-order valence-electron chi connectivity index (χ3n) is 5.79. The van der Waals surface area contributed by atoms with Crippen LogP contribution in [0.25, 0.3) is 0 Å². The van der Waals surface area contributed by atoms with Gasteiger partial charge in [0.1, 0.15) is 0 Å². The van der Waals surface area contributed by atoms with Gasteiger partial charge in [-0.25, -0.2) is 0 Å². The fourth-order valence-corrected chi connectivity index (χ4v) is 3.57. The van der Waals surface area contributed by atoms with Crippen molar-refractivity contribution in [3.8, 4) is 0 Å². The van der Waals surface area contributed by atoms with E-state index < -0.39 is 40.4 Å². The number of rotatable bonds is 14. The number of unbranched alkanes of at least 4 members (excludes halogenated alkanes) is 1. The Labute approximate surface area is 216 Å². The number of hydrogen-bond donors (Lipinski definition) is 1. The van der Waals surface area contributed by atoms with Crippen LogP contribution in [0.3, 0.4) is 0 Å². The lowest BCUT2D eigenvalue weighted by molar-refractivity contribution is -0.429. The van der Waals surface area contributed by atoms with E-state index in [-0.39, 0.29) is 36.8 Å². The summed E-state index contributed by atoms with van der Waals surface area (Å²) in [7, 11) is 0. The minimum atomic E-state index is -4.97. The highest BCUT2D eigenvalue weighted by Gasteiger charge is 2.37. The Morgan fingerprint density at radius 2 is 1.63 bits per heavy atom. The van der Waals surface area contributed by atoms with E-state index in [0.717, 1.165) is 24.6 Å². The normalized spacial score (nSPS) is 14.3. The van der Waals surface area contributed by atoms with Crippen molar-refractivity contribution in [2.24, 2.45) is 0 Å². The number of allylic oxidation sites excluding steroid dienone is 1. The average molecular weight is 549 g/mol. The van der Waals surface area contributed by atoms with Gasteiger partial charge < -0.3 is 4.74 Å². The first-order valence-electron chi connectivity index (χ1n) is 12.0. The maximum Gasteiger partial charge on any atom is 0.416 e. The minimum absolute atomic E-state index is 0.0101. The first-order valence-corrected chi connectivity index (χ1v) is 12.0. The van der Waals surface area contributed by atoms with Crippen LogP contribution in [-0.4, -0.2) is 18.1 Å². The Kier molecular flexibility index (Phi) is 11.6. The van der Waals surface area contributed by atoms with Crippen molar-refractivity contribution in [2.75, 3.05) is 13.2 Å². The van der Waals surface area contributed by atoms with Gasteiger partial charge in [-0.15, -0.1) is 0 Å². The van der Waals surface area contributed by atoms with Crippen LogP contribution in [0.2, 0.25) is 0 Å². The highest BCUT2D eigenvalue weighted by atomic mass is 19.4. The molecule has 38 heavy (non-hydrogen) atoms. The smallest absolute Gasteiger partial charge is 0.373 e. The van der Waals surface area contributed by atoms with E-state index in [9.17, 15) is 36.5 Å². The molecule has 2 aromatic rings. The van der Waals surface area contributed by atoms with Gasteiger partial charge in [-0.05, 0) is 49.1 Å². The van der Waals surface area contributed by atoms with E-state index in [1.54, 1.807) is 30.3 Å². The predicted molar refractivity (Wildman–Crippen MR) is 128 cm³/mol. The van der Waals surface area contributed by atoms with Crippen molar-refractivity contribution >= 4 is 0 Å². The summed E-state index contributed by atoms with van der Waals surface area (Å²) >= 11 is 0. The van der Waals surface area contributed by atoms with Crippen molar-refractivity contribution in [1.82, 2.24) is 5.48 Å². The average Bonchev–Trinajstić information content (AvgIpc) is 2.86. The van der Waals surface area contributed by atoms with Gasteiger partial charge >= 0.3 is 12.4 Å². The molecule has 210 valence electrons. The van der Waals surface area contributed by atoms with Crippen LogP contribution in [0.5, 0.6) is 0 Å². The molecule has 2 atom stereocenters. The van der Waals surface area contributed by atoms with E-state index in [4.69, 9.17) is 9.57 Å². The molecule has 0 saturated heterocycles. The molecule has 0 saturated carbocycles. The molecule has 0 aliphatic rings. The van der Waals surface area contributed by atoms with Gasteiger partial charge in [0.05, 0.1) is 41.6 Å². The largest absolute Gasteiger partial charge is 0.416 e. The lowest BCUT2D eigenvalue weighted by atomic mass is 9.94. The summed E-state index contributed by atoms with van der Waals surface area (Å²) in [5.41, 5.74) is -0.0659. The summed E-state index contributed by atoms with van der Waals surface area (Å²) in [5.74, 6) is -0.420. The summed E-state index contributed by atoms with van der Waals surface area (Å²) in [6.45, 7) is 3.62. The molecule has 0 aliphatic heterocycles. The molecular weight excluding hydrogens is 518 g/mol. The third-order valence-corrected chi connectivity index (χ3v) is 5.79. The fraction of sp³-hybridized carbons (Fsp3) is 0.462. The molecular formula is C26H30F6N2O4. The number of alkyl halides is 6. The Morgan fingerprint density at radius 3 is 2.16 bits per heavy atom.